The quantitative estimate of drug-likeness (QED) is 0.585. The molecule has 0 radical (unpaired) electrons. The molecule has 2 nitrogen and oxygen atoms in total. The van der Waals surface area contributed by atoms with Gasteiger partial charge in [0, 0.05) is 6.42 Å². The Balaban J connectivity index is 2.30. The summed E-state index contributed by atoms with van der Waals surface area (Å²) in [6.45, 7) is 4.32. The van der Waals surface area contributed by atoms with E-state index in [-0.39, 0.29) is 12.1 Å². The van der Waals surface area contributed by atoms with Crippen LogP contribution >= 0.6 is 0 Å². The van der Waals surface area contributed by atoms with Gasteiger partial charge in [-0.3, -0.25) is 4.79 Å². The summed E-state index contributed by atoms with van der Waals surface area (Å²) in [7, 11) is 0. The van der Waals surface area contributed by atoms with Crippen molar-refractivity contribution in [2.45, 2.75) is 45.6 Å². The third-order valence-corrected chi connectivity index (χ3v) is 2.29. The lowest BCUT2D eigenvalue weighted by molar-refractivity contribution is -0.143. The van der Waals surface area contributed by atoms with Crippen LogP contribution in [-0.2, 0) is 9.53 Å². The topological polar surface area (TPSA) is 26.3 Å². The van der Waals surface area contributed by atoms with Gasteiger partial charge in [-0.2, -0.15) is 0 Å². The molecule has 0 bridgehead atoms. The minimum absolute atomic E-state index is 0.0158. The van der Waals surface area contributed by atoms with Crippen LogP contribution < -0.4 is 0 Å². The lowest BCUT2D eigenvalue weighted by atomic mass is 9.97. The van der Waals surface area contributed by atoms with E-state index in [1.165, 1.54) is 6.42 Å². The molecule has 1 saturated heterocycles. The van der Waals surface area contributed by atoms with Crippen molar-refractivity contribution < 1.29 is 9.53 Å². The van der Waals surface area contributed by atoms with E-state index in [1.54, 1.807) is 0 Å². The van der Waals surface area contributed by atoms with Crippen molar-refractivity contribution in [3.63, 3.8) is 0 Å². The van der Waals surface area contributed by atoms with Gasteiger partial charge >= 0.3 is 5.97 Å². The van der Waals surface area contributed by atoms with Crippen molar-refractivity contribution in [2.75, 3.05) is 0 Å². The molecule has 1 heterocycles. The molecule has 0 spiro atoms. The van der Waals surface area contributed by atoms with Crippen LogP contribution in [0.4, 0.5) is 0 Å². The predicted molar refractivity (Wildman–Crippen MR) is 43.2 cm³/mol. The van der Waals surface area contributed by atoms with E-state index >= 15 is 0 Å². The van der Waals surface area contributed by atoms with Crippen LogP contribution in [0.3, 0.4) is 0 Å². The molecule has 0 aromatic heterocycles. The van der Waals surface area contributed by atoms with Gasteiger partial charge in [-0.15, -0.1) is 0 Å². The fraction of sp³-hybridized carbons (Fsp3) is 0.889. The molecule has 0 saturated carbocycles. The number of carbonyl (C=O) groups is 1. The summed E-state index contributed by atoms with van der Waals surface area (Å²) in [6.07, 6.45) is 4.11. The van der Waals surface area contributed by atoms with Gasteiger partial charge in [0.05, 0.1) is 0 Å². The van der Waals surface area contributed by atoms with E-state index in [0.29, 0.717) is 12.3 Å². The van der Waals surface area contributed by atoms with Crippen molar-refractivity contribution in [3.05, 3.63) is 0 Å². The summed E-state index contributed by atoms with van der Waals surface area (Å²) in [5, 5.41) is 0. The highest BCUT2D eigenvalue weighted by Crippen LogP contribution is 2.23. The normalized spacial score (nSPS) is 26.7. The van der Waals surface area contributed by atoms with E-state index in [0.717, 1.165) is 12.8 Å². The first-order valence-corrected chi connectivity index (χ1v) is 4.43. The van der Waals surface area contributed by atoms with Gasteiger partial charge in [-0.25, -0.2) is 0 Å². The minimum Gasteiger partial charge on any atom is -0.462 e. The summed E-state index contributed by atoms with van der Waals surface area (Å²) in [6, 6.07) is 0. The molecular weight excluding hydrogens is 140 g/mol. The Hall–Kier alpha value is -0.530. The maximum Gasteiger partial charge on any atom is 0.306 e. The lowest BCUT2D eigenvalue weighted by Gasteiger charge is -2.16. The van der Waals surface area contributed by atoms with Gasteiger partial charge in [0.25, 0.3) is 0 Å². The number of ether oxygens (including phenoxy) is 1. The van der Waals surface area contributed by atoms with E-state index in [9.17, 15) is 4.79 Å². The van der Waals surface area contributed by atoms with E-state index in [2.05, 4.69) is 13.8 Å². The molecule has 64 valence electrons. The Morgan fingerprint density at radius 1 is 1.73 bits per heavy atom. The highest BCUT2D eigenvalue weighted by atomic mass is 16.5. The average Bonchev–Trinajstić information content (AvgIpc) is 2.36. The standard InChI is InChI=1S/C9H16O2/c1-3-4-7(2)8-5-6-9(10)11-8/h7-8H,3-6H2,1-2H3. The summed E-state index contributed by atoms with van der Waals surface area (Å²) >= 11 is 0. The van der Waals surface area contributed by atoms with Crippen molar-refractivity contribution in [1.82, 2.24) is 0 Å². The van der Waals surface area contributed by atoms with Crippen molar-refractivity contribution in [3.8, 4) is 0 Å². The maximum atomic E-state index is 10.7. The molecule has 1 rings (SSSR count). The molecule has 2 atom stereocenters. The number of hydrogen-bond acceptors (Lipinski definition) is 2. The molecular formula is C9H16O2. The van der Waals surface area contributed by atoms with Crippen molar-refractivity contribution >= 4 is 5.97 Å². The fourth-order valence-electron chi connectivity index (χ4n) is 1.59. The first-order valence-electron chi connectivity index (χ1n) is 4.43. The van der Waals surface area contributed by atoms with Gasteiger partial charge in [0.1, 0.15) is 6.10 Å². The largest absolute Gasteiger partial charge is 0.462 e. The molecule has 0 aromatic rings. The number of carbonyl (C=O) groups excluding carboxylic acids is 1. The Labute approximate surface area is 67.9 Å². The Kier molecular flexibility index (Phi) is 2.92. The SMILES string of the molecule is CCCC(C)C1CCC(=O)O1. The van der Waals surface area contributed by atoms with E-state index in [4.69, 9.17) is 4.74 Å². The fourth-order valence-corrected chi connectivity index (χ4v) is 1.59. The van der Waals surface area contributed by atoms with E-state index < -0.39 is 0 Å². The van der Waals surface area contributed by atoms with Crippen LogP contribution in [-0.4, -0.2) is 12.1 Å². The summed E-state index contributed by atoms with van der Waals surface area (Å²) in [4.78, 5) is 10.7. The Bertz CT molecular complexity index is 142. The second kappa shape index (κ2) is 3.74. The van der Waals surface area contributed by atoms with Crippen molar-refractivity contribution in [2.24, 2.45) is 5.92 Å². The molecule has 11 heavy (non-hydrogen) atoms. The highest BCUT2D eigenvalue weighted by Gasteiger charge is 2.27. The molecule has 0 amide bonds. The van der Waals surface area contributed by atoms with Gasteiger partial charge in [0.2, 0.25) is 0 Å². The number of rotatable bonds is 3. The van der Waals surface area contributed by atoms with Crippen molar-refractivity contribution in [1.29, 1.82) is 0 Å². The molecule has 0 aromatic carbocycles. The van der Waals surface area contributed by atoms with Crippen LogP contribution in [0.25, 0.3) is 0 Å². The Morgan fingerprint density at radius 3 is 2.91 bits per heavy atom. The van der Waals surface area contributed by atoms with Crippen LogP contribution in [0.2, 0.25) is 0 Å². The maximum absolute atomic E-state index is 10.7. The number of hydrogen-bond donors (Lipinski definition) is 0. The van der Waals surface area contributed by atoms with Crippen LogP contribution in [0, 0.1) is 5.92 Å². The first kappa shape index (κ1) is 8.57. The van der Waals surface area contributed by atoms with Crippen LogP contribution in [0.5, 0.6) is 0 Å². The summed E-state index contributed by atoms with van der Waals surface area (Å²) < 4.78 is 5.14. The third-order valence-electron chi connectivity index (χ3n) is 2.29. The Morgan fingerprint density at radius 2 is 2.45 bits per heavy atom. The molecule has 1 fully saturated rings. The first-order chi connectivity index (χ1) is 5.24. The lowest BCUT2D eigenvalue weighted by Crippen LogP contribution is -2.16. The zero-order valence-electron chi connectivity index (χ0n) is 7.30. The van der Waals surface area contributed by atoms with Gasteiger partial charge in [-0.1, -0.05) is 20.3 Å². The summed E-state index contributed by atoms with van der Waals surface area (Å²) in [5.41, 5.74) is 0. The smallest absolute Gasteiger partial charge is 0.306 e. The van der Waals surface area contributed by atoms with Gasteiger partial charge < -0.3 is 4.74 Å². The predicted octanol–water partition coefficient (Wildman–Crippen LogP) is 2.13. The molecule has 2 unspecified atom stereocenters. The molecule has 0 aliphatic carbocycles. The van der Waals surface area contributed by atoms with Crippen LogP contribution in [0.1, 0.15) is 39.5 Å². The van der Waals surface area contributed by atoms with Crippen LogP contribution in [0.15, 0.2) is 0 Å². The number of cyclic esters (lactones) is 1. The second-order valence-electron chi connectivity index (χ2n) is 3.33. The van der Waals surface area contributed by atoms with E-state index in [1.807, 2.05) is 0 Å². The highest BCUT2D eigenvalue weighted by molar-refractivity contribution is 5.71. The summed E-state index contributed by atoms with van der Waals surface area (Å²) in [5.74, 6) is 0.532. The zero-order valence-corrected chi connectivity index (χ0v) is 7.30. The molecule has 0 N–H and O–H groups in total. The minimum atomic E-state index is -0.0158. The zero-order chi connectivity index (χ0) is 8.27. The molecule has 1 aliphatic heterocycles. The third kappa shape index (κ3) is 2.21. The number of esters is 1. The molecule has 2 heteroatoms. The van der Waals surface area contributed by atoms with Gasteiger partial charge in [0.15, 0.2) is 0 Å². The second-order valence-corrected chi connectivity index (χ2v) is 3.33. The van der Waals surface area contributed by atoms with Gasteiger partial charge in [-0.05, 0) is 18.8 Å². The monoisotopic (exact) mass is 156 g/mol. The average molecular weight is 156 g/mol. The molecule has 1 aliphatic rings.